The first kappa shape index (κ1) is 12.0. The minimum Gasteiger partial charge on any atom is -0.481 e. The summed E-state index contributed by atoms with van der Waals surface area (Å²) in [7, 11) is 0. The zero-order chi connectivity index (χ0) is 12.4. The predicted octanol–water partition coefficient (Wildman–Crippen LogP) is 3.28. The largest absolute Gasteiger partial charge is 0.481 e. The van der Waals surface area contributed by atoms with E-state index in [0.29, 0.717) is 21.3 Å². The fourth-order valence-corrected chi connectivity index (χ4v) is 1.82. The molecular weight excluding hydrogens is 265 g/mol. The highest BCUT2D eigenvalue weighted by molar-refractivity contribution is 6.36. The first-order chi connectivity index (χ1) is 8.06. The van der Waals surface area contributed by atoms with Crippen molar-refractivity contribution in [1.29, 1.82) is 0 Å². The van der Waals surface area contributed by atoms with Crippen molar-refractivity contribution in [3.05, 3.63) is 40.2 Å². The zero-order valence-electron chi connectivity index (χ0n) is 8.48. The van der Waals surface area contributed by atoms with Gasteiger partial charge in [0.15, 0.2) is 0 Å². The van der Waals surface area contributed by atoms with Crippen LogP contribution < -0.4 is 0 Å². The summed E-state index contributed by atoms with van der Waals surface area (Å²) < 4.78 is 5.17. The van der Waals surface area contributed by atoms with E-state index in [4.69, 9.17) is 32.7 Å². The fourth-order valence-electron chi connectivity index (χ4n) is 1.33. The summed E-state index contributed by atoms with van der Waals surface area (Å²) in [6.45, 7) is 0. The van der Waals surface area contributed by atoms with Crippen molar-refractivity contribution >= 4 is 29.2 Å². The fraction of sp³-hybridized carbons (Fsp3) is 0.0909. The average Bonchev–Trinajstić information content (AvgIpc) is 2.65. The van der Waals surface area contributed by atoms with E-state index in [-0.39, 0.29) is 12.3 Å². The summed E-state index contributed by atoms with van der Waals surface area (Å²) in [5, 5.41) is 9.53. The standard InChI is InChI=1S/C11H7Cl2NO3/c12-6-1-2-8(9(13)3-6)11-14-7(5-17-11)4-10(15)16/h1-3,5H,4H2,(H,15,16). The van der Waals surface area contributed by atoms with Crippen molar-refractivity contribution in [2.75, 3.05) is 0 Å². The van der Waals surface area contributed by atoms with E-state index in [1.165, 1.54) is 6.26 Å². The number of carboxylic acids is 1. The van der Waals surface area contributed by atoms with E-state index in [1.807, 2.05) is 0 Å². The Kier molecular flexibility index (Phi) is 3.36. The Hall–Kier alpha value is -1.52. The van der Waals surface area contributed by atoms with Gasteiger partial charge in [-0.15, -0.1) is 0 Å². The number of benzene rings is 1. The van der Waals surface area contributed by atoms with E-state index in [0.717, 1.165) is 0 Å². The van der Waals surface area contributed by atoms with Crippen LogP contribution >= 0.6 is 23.2 Å². The van der Waals surface area contributed by atoms with Crippen molar-refractivity contribution in [1.82, 2.24) is 4.98 Å². The molecule has 0 unspecified atom stereocenters. The zero-order valence-corrected chi connectivity index (χ0v) is 10.00. The molecule has 17 heavy (non-hydrogen) atoms. The van der Waals surface area contributed by atoms with Crippen LogP contribution in [0.15, 0.2) is 28.9 Å². The molecule has 1 aromatic heterocycles. The second kappa shape index (κ2) is 4.77. The Labute approximate surface area is 107 Å². The van der Waals surface area contributed by atoms with E-state index in [9.17, 15) is 4.79 Å². The van der Waals surface area contributed by atoms with Gasteiger partial charge < -0.3 is 9.52 Å². The van der Waals surface area contributed by atoms with Gasteiger partial charge in [-0.3, -0.25) is 4.79 Å². The van der Waals surface area contributed by atoms with Gasteiger partial charge in [-0.05, 0) is 18.2 Å². The van der Waals surface area contributed by atoms with Crippen molar-refractivity contribution < 1.29 is 14.3 Å². The lowest BCUT2D eigenvalue weighted by atomic mass is 10.2. The third kappa shape index (κ3) is 2.78. The average molecular weight is 272 g/mol. The van der Waals surface area contributed by atoms with Crippen LogP contribution in [0.2, 0.25) is 10.0 Å². The maximum atomic E-state index is 10.5. The number of aromatic nitrogens is 1. The van der Waals surface area contributed by atoms with Crippen LogP contribution in [0, 0.1) is 0 Å². The molecule has 0 aliphatic heterocycles. The molecule has 0 bridgehead atoms. The van der Waals surface area contributed by atoms with Crippen LogP contribution in [0.1, 0.15) is 5.69 Å². The maximum Gasteiger partial charge on any atom is 0.309 e. The van der Waals surface area contributed by atoms with Gasteiger partial charge in [-0.25, -0.2) is 4.98 Å². The quantitative estimate of drug-likeness (QED) is 0.931. The molecule has 1 heterocycles. The molecule has 2 aromatic rings. The lowest BCUT2D eigenvalue weighted by molar-refractivity contribution is -0.136. The third-order valence-corrected chi connectivity index (χ3v) is 2.59. The maximum absolute atomic E-state index is 10.5. The van der Waals surface area contributed by atoms with Crippen molar-refractivity contribution in [2.45, 2.75) is 6.42 Å². The summed E-state index contributed by atoms with van der Waals surface area (Å²) in [6, 6.07) is 4.89. The predicted molar refractivity (Wildman–Crippen MR) is 63.3 cm³/mol. The molecule has 0 spiro atoms. The second-order valence-corrected chi connectivity index (χ2v) is 4.18. The van der Waals surface area contributed by atoms with E-state index >= 15 is 0 Å². The minimum atomic E-state index is -0.966. The molecule has 0 saturated heterocycles. The van der Waals surface area contributed by atoms with Gasteiger partial charge in [-0.2, -0.15) is 0 Å². The van der Waals surface area contributed by atoms with Crippen molar-refractivity contribution in [3.63, 3.8) is 0 Å². The smallest absolute Gasteiger partial charge is 0.309 e. The van der Waals surface area contributed by atoms with E-state index < -0.39 is 5.97 Å². The summed E-state index contributed by atoms with van der Waals surface area (Å²) >= 11 is 11.7. The molecule has 6 heteroatoms. The number of halogens is 2. The molecule has 4 nitrogen and oxygen atoms in total. The normalized spacial score (nSPS) is 10.5. The molecule has 0 saturated carbocycles. The first-order valence-electron chi connectivity index (χ1n) is 4.68. The summed E-state index contributed by atoms with van der Waals surface area (Å²) in [5.41, 5.74) is 0.922. The van der Waals surface area contributed by atoms with Gasteiger partial charge in [0.1, 0.15) is 6.26 Å². The van der Waals surface area contributed by atoms with Gasteiger partial charge in [0.25, 0.3) is 0 Å². The Morgan fingerprint density at radius 1 is 1.41 bits per heavy atom. The Bertz CT molecular complexity index is 566. The highest BCUT2D eigenvalue weighted by Gasteiger charge is 2.12. The van der Waals surface area contributed by atoms with Crippen LogP contribution in [0.3, 0.4) is 0 Å². The number of carboxylic acid groups (broad SMARTS) is 1. The van der Waals surface area contributed by atoms with Gasteiger partial charge in [0.05, 0.1) is 22.7 Å². The van der Waals surface area contributed by atoms with Crippen molar-refractivity contribution in [3.8, 4) is 11.5 Å². The summed E-state index contributed by atoms with van der Waals surface area (Å²) in [4.78, 5) is 14.5. The summed E-state index contributed by atoms with van der Waals surface area (Å²) in [5.74, 6) is -0.685. The van der Waals surface area contributed by atoms with Crippen molar-refractivity contribution in [2.24, 2.45) is 0 Å². The Balaban J connectivity index is 2.33. The van der Waals surface area contributed by atoms with Gasteiger partial charge in [0, 0.05) is 5.02 Å². The number of hydrogen-bond donors (Lipinski definition) is 1. The molecule has 1 N–H and O–H groups in total. The number of aliphatic carboxylic acids is 1. The molecule has 1 aromatic carbocycles. The molecule has 0 amide bonds. The number of oxazole rings is 1. The number of hydrogen-bond acceptors (Lipinski definition) is 3. The highest BCUT2D eigenvalue weighted by Crippen LogP contribution is 2.29. The number of carbonyl (C=O) groups is 1. The topological polar surface area (TPSA) is 63.3 Å². The minimum absolute atomic E-state index is 0.186. The van der Waals surface area contributed by atoms with E-state index in [1.54, 1.807) is 18.2 Å². The SMILES string of the molecule is O=C(O)Cc1coc(-c2ccc(Cl)cc2Cl)n1. The van der Waals surface area contributed by atoms with Crippen LogP contribution in [0.5, 0.6) is 0 Å². The lowest BCUT2D eigenvalue weighted by Gasteiger charge is -1.99. The highest BCUT2D eigenvalue weighted by atomic mass is 35.5. The third-order valence-electron chi connectivity index (χ3n) is 2.05. The van der Waals surface area contributed by atoms with Crippen LogP contribution in [0.4, 0.5) is 0 Å². The van der Waals surface area contributed by atoms with Crippen LogP contribution in [-0.2, 0) is 11.2 Å². The number of nitrogens with zero attached hydrogens (tertiary/aromatic N) is 1. The second-order valence-electron chi connectivity index (χ2n) is 3.34. The molecule has 88 valence electrons. The molecule has 0 fully saturated rings. The first-order valence-corrected chi connectivity index (χ1v) is 5.43. The molecule has 0 atom stereocenters. The summed E-state index contributed by atoms with van der Waals surface area (Å²) in [6.07, 6.45) is 1.11. The number of rotatable bonds is 3. The van der Waals surface area contributed by atoms with Gasteiger partial charge in [-0.1, -0.05) is 23.2 Å². The Morgan fingerprint density at radius 3 is 2.82 bits per heavy atom. The molecule has 0 aliphatic rings. The Morgan fingerprint density at radius 2 is 2.18 bits per heavy atom. The van der Waals surface area contributed by atoms with Crippen LogP contribution in [-0.4, -0.2) is 16.1 Å². The molecule has 0 radical (unpaired) electrons. The molecule has 0 aliphatic carbocycles. The van der Waals surface area contributed by atoms with Gasteiger partial charge >= 0.3 is 5.97 Å². The van der Waals surface area contributed by atoms with E-state index in [2.05, 4.69) is 4.98 Å². The van der Waals surface area contributed by atoms with Gasteiger partial charge in [0.2, 0.25) is 5.89 Å². The monoisotopic (exact) mass is 271 g/mol. The van der Waals surface area contributed by atoms with Crippen LogP contribution in [0.25, 0.3) is 11.5 Å². The molecular formula is C11H7Cl2NO3. The lowest BCUT2D eigenvalue weighted by Crippen LogP contribution is -1.99. The molecule has 2 rings (SSSR count).